The summed E-state index contributed by atoms with van der Waals surface area (Å²) >= 11 is 1.40. The average molecular weight is 627 g/mol. The van der Waals surface area contributed by atoms with Crippen LogP contribution in [-0.4, -0.2) is 71.7 Å². The third-order valence-electron chi connectivity index (χ3n) is 8.01. The molecule has 7 rings (SSSR count). The van der Waals surface area contributed by atoms with Crippen LogP contribution >= 0.6 is 11.3 Å². The van der Waals surface area contributed by atoms with E-state index in [4.69, 9.17) is 14.5 Å². The minimum atomic E-state index is -0.391. The molecule has 0 saturated carbocycles. The molecular formula is C33H31FN6O4S. The summed E-state index contributed by atoms with van der Waals surface area (Å²) in [5.41, 5.74) is 3.45. The number of fused-ring (bicyclic) bond motifs is 1. The van der Waals surface area contributed by atoms with Gasteiger partial charge in [0.15, 0.2) is 5.65 Å². The molecular weight excluding hydrogens is 595 g/mol. The number of ether oxygens (including phenoxy) is 2. The van der Waals surface area contributed by atoms with Gasteiger partial charge < -0.3 is 19.3 Å². The lowest BCUT2D eigenvalue weighted by Crippen LogP contribution is -2.37. The Labute approximate surface area is 262 Å². The fourth-order valence-electron chi connectivity index (χ4n) is 5.56. The summed E-state index contributed by atoms with van der Waals surface area (Å²) in [6, 6.07) is 17.7. The lowest BCUT2D eigenvalue weighted by Gasteiger charge is -2.30. The number of hydrogen-bond acceptors (Lipinski definition) is 8. The molecule has 10 nitrogen and oxygen atoms in total. The highest BCUT2D eigenvalue weighted by Crippen LogP contribution is 2.35. The van der Waals surface area contributed by atoms with Crippen molar-refractivity contribution in [3.8, 4) is 16.5 Å². The van der Waals surface area contributed by atoms with E-state index in [-0.39, 0.29) is 24.2 Å². The highest BCUT2D eigenvalue weighted by molar-refractivity contribution is 7.15. The first-order chi connectivity index (χ1) is 21.9. The molecule has 45 heavy (non-hydrogen) atoms. The summed E-state index contributed by atoms with van der Waals surface area (Å²) in [6.07, 6.45) is 4.06. The monoisotopic (exact) mass is 626 g/mol. The number of aromatic nitrogens is 3. The highest BCUT2D eigenvalue weighted by atomic mass is 32.1. The molecule has 2 aromatic carbocycles. The number of nitrogens with zero attached hydrogens (tertiary/aromatic N) is 6. The molecule has 0 aliphatic carbocycles. The number of amides is 2. The molecule has 3 aromatic heterocycles. The molecule has 0 unspecified atom stereocenters. The molecule has 2 aliphatic rings. The predicted octanol–water partition coefficient (Wildman–Crippen LogP) is 4.84. The van der Waals surface area contributed by atoms with Crippen LogP contribution in [0.25, 0.3) is 16.3 Å². The van der Waals surface area contributed by atoms with Crippen LogP contribution in [0.3, 0.4) is 0 Å². The van der Waals surface area contributed by atoms with E-state index in [1.165, 1.54) is 27.9 Å². The zero-order valence-corrected chi connectivity index (χ0v) is 25.5. The fraction of sp³-hybridized carbons (Fsp3) is 0.273. The third kappa shape index (κ3) is 5.86. The molecule has 0 spiro atoms. The normalized spacial score (nSPS) is 15.3. The molecule has 12 heteroatoms. The smallest absolute Gasteiger partial charge is 0.324 e. The number of benzene rings is 2. The van der Waals surface area contributed by atoms with Crippen molar-refractivity contribution in [3.63, 3.8) is 0 Å². The van der Waals surface area contributed by atoms with Gasteiger partial charge in [0.2, 0.25) is 5.75 Å². The SMILES string of the molecule is CN1CCN(c2cc(N3CCOCC3)cn3c(=O)c(OCc4ccccc4)c(-c4ncc(Cc5ccc(F)cc5)s4)nc23)C1=O. The fourth-order valence-corrected chi connectivity index (χ4v) is 6.50. The molecule has 0 radical (unpaired) electrons. The van der Waals surface area contributed by atoms with Gasteiger partial charge in [-0.2, -0.15) is 0 Å². The Morgan fingerprint density at radius 1 is 0.978 bits per heavy atom. The summed E-state index contributed by atoms with van der Waals surface area (Å²) in [4.78, 5) is 43.7. The van der Waals surface area contributed by atoms with E-state index in [9.17, 15) is 14.0 Å². The molecule has 0 N–H and O–H groups in total. The van der Waals surface area contributed by atoms with E-state index in [2.05, 4.69) is 9.88 Å². The van der Waals surface area contributed by atoms with Crippen LogP contribution in [0.5, 0.6) is 5.75 Å². The lowest BCUT2D eigenvalue weighted by atomic mass is 10.1. The Bertz CT molecular complexity index is 1910. The standard InChI is InChI=1S/C33H31FN6O4S/c1-37-11-12-39(33(37)42)27-18-25(38-13-15-43-16-14-38)20-40-30(27)36-28(29(32(40)41)44-21-23-5-3-2-4-6-23)31-35-19-26(45-31)17-22-7-9-24(34)10-8-22/h2-10,18-20H,11-17,21H2,1H3. The van der Waals surface area contributed by atoms with Gasteiger partial charge in [0, 0.05) is 56.9 Å². The molecule has 5 aromatic rings. The number of thiazole rings is 1. The number of carbonyl (C=O) groups is 1. The van der Waals surface area contributed by atoms with Gasteiger partial charge in [0.1, 0.15) is 23.1 Å². The summed E-state index contributed by atoms with van der Waals surface area (Å²) in [6.45, 7) is 3.64. The second-order valence-electron chi connectivity index (χ2n) is 11.0. The Morgan fingerprint density at radius 3 is 2.49 bits per heavy atom. The van der Waals surface area contributed by atoms with Crippen molar-refractivity contribution in [2.45, 2.75) is 13.0 Å². The minimum absolute atomic E-state index is 0.0778. The summed E-state index contributed by atoms with van der Waals surface area (Å²) < 4.78 is 26.8. The van der Waals surface area contributed by atoms with E-state index in [1.54, 1.807) is 41.4 Å². The van der Waals surface area contributed by atoms with Gasteiger partial charge in [-0.25, -0.2) is 19.2 Å². The second-order valence-corrected chi connectivity index (χ2v) is 12.2. The van der Waals surface area contributed by atoms with Gasteiger partial charge in [-0.15, -0.1) is 11.3 Å². The van der Waals surface area contributed by atoms with Gasteiger partial charge >= 0.3 is 11.6 Å². The van der Waals surface area contributed by atoms with Crippen molar-refractivity contribution < 1.29 is 18.7 Å². The van der Waals surface area contributed by atoms with Crippen LogP contribution in [0, 0.1) is 5.82 Å². The van der Waals surface area contributed by atoms with Gasteiger partial charge in [-0.3, -0.25) is 14.1 Å². The Hall–Kier alpha value is -4.81. The maximum Gasteiger partial charge on any atom is 0.324 e. The maximum absolute atomic E-state index is 14.4. The van der Waals surface area contributed by atoms with Crippen LogP contribution < -0.4 is 20.1 Å². The lowest BCUT2D eigenvalue weighted by molar-refractivity contribution is 0.122. The predicted molar refractivity (Wildman–Crippen MR) is 171 cm³/mol. The van der Waals surface area contributed by atoms with E-state index in [1.807, 2.05) is 36.4 Å². The number of urea groups is 1. The first kappa shape index (κ1) is 28.9. The van der Waals surface area contributed by atoms with Gasteiger partial charge in [-0.1, -0.05) is 42.5 Å². The number of halogens is 1. The van der Waals surface area contributed by atoms with Crippen LogP contribution in [0.1, 0.15) is 16.0 Å². The zero-order chi connectivity index (χ0) is 30.9. The third-order valence-corrected chi connectivity index (χ3v) is 9.01. The van der Waals surface area contributed by atoms with Gasteiger partial charge in [0.25, 0.3) is 0 Å². The molecule has 230 valence electrons. The second kappa shape index (κ2) is 12.3. The minimum Gasteiger partial charge on any atom is -0.481 e. The Balaban J connectivity index is 1.38. The molecule has 2 amide bonds. The van der Waals surface area contributed by atoms with Crippen molar-refractivity contribution in [2.24, 2.45) is 0 Å². The first-order valence-corrected chi connectivity index (χ1v) is 15.6. The maximum atomic E-state index is 14.4. The molecule has 2 saturated heterocycles. The van der Waals surface area contributed by atoms with Gasteiger partial charge in [0.05, 0.1) is 24.6 Å². The number of carbonyl (C=O) groups excluding carboxylic acids is 1. The zero-order valence-electron chi connectivity index (χ0n) is 24.7. The number of morpholine rings is 1. The van der Waals surface area contributed by atoms with E-state index >= 15 is 0 Å². The molecule has 2 fully saturated rings. The quantitative estimate of drug-likeness (QED) is 0.244. The van der Waals surface area contributed by atoms with Gasteiger partial charge in [-0.05, 0) is 29.3 Å². The average Bonchev–Trinajstić information content (AvgIpc) is 3.67. The van der Waals surface area contributed by atoms with E-state index in [0.29, 0.717) is 67.8 Å². The number of hydrogen-bond donors (Lipinski definition) is 0. The van der Waals surface area contributed by atoms with E-state index < -0.39 is 5.56 Å². The largest absolute Gasteiger partial charge is 0.481 e. The van der Waals surface area contributed by atoms with Crippen molar-refractivity contribution in [1.29, 1.82) is 0 Å². The molecule has 0 bridgehead atoms. The Kier molecular flexibility index (Phi) is 7.90. The van der Waals surface area contributed by atoms with Crippen molar-refractivity contribution in [1.82, 2.24) is 19.3 Å². The summed E-state index contributed by atoms with van der Waals surface area (Å²) in [5, 5.41) is 0.517. The highest BCUT2D eigenvalue weighted by Gasteiger charge is 2.31. The van der Waals surface area contributed by atoms with E-state index in [0.717, 1.165) is 21.7 Å². The Morgan fingerprint density at radius 2 is 1.76 bits per heavy atom. The summed E-state index contributed by atoms with van der Waals surface area (Å²) in [7, 11) is 1.76. The van der Waals surface area contributed by atoms with Crippen LogP contribution in [0.15, 0.2) is 77.9 Å². The van der Waals surface area contributed by atoms with Crippen molar-refractivity contribution >= 4 is 34.4 Å². The summed E-state index contributed by atoms with van der Waals surface area (Å²) in [5.74, 6) is -0.214. The van der Waals surface area contributed by atoms with Crippen molar-refractivity contribution in [3.05, 3.63) is 105 Å². The van der Waals surface area contributed by atoms with Crippen molar-refractivity contribution in [2.75, 3.05) is 56.2 Å². The topological polar surface area (TPSA) is 92.5 Å². The molecule has 5 heterocycles. The number of pyridine rings is 1. The first-order valence-electron chi connectivity index (χ1n) is 14.8. The van der Waals surface area contributed by atoms with Crippen LogP contribution in [0.2, 0.25) is 0 Å². The number of likely N-dealkylation sites (N-methyl/N-ethyl adjacent to an activating group) is 1. The molecule has 0 atom stereocenters. The molecule has 2 aliphatic heterocycles. The number of rotatable bonds is 8. The van der Waals surface area contributed by atoms with Crippen LogP contribution in [-0.2, 0) is 17.8 Å². The van der Waals surface area contributed by atoms with Crippen LogP contribution in [0.4, 0.5) is 20.6 Å². The number of anilines is 2.